The van der Waals surface area contributed by atoms with E-state index in [0.29, 0.717) is 17.1 Å². The Labute approximate surface area is 153 Å². The van der Waals surface area contributed by atoms with Crippen molar-refractivity contribution in [1.82, 2.24) is 0 Å². The maximum Gasteiger partial charge on any atom is 0.259 e. The number of hydrogen-bond acceptors (Lipinski definition) is 4. The number of phenols is 1. The fourth-order valence-electron chi connectivity index (χ4n) is 3.45. The number of fused-ring (bicyclic) bond motifs is 1. The Morgan fingerprint density at radius 2 is 1.65 bits per heavy atom. The third-order valence-electron chi connectivity index (χ3n) is 4.59. The summed E-state index contributed by atoms with van der Waals surface area (Å²) >= 11 is 0. The minimum Gasteiger partial charge on any atom is -0.508 e. The zero-order chi connectivity index (χ0) is 19.1. The van der Waals surface area contributed by atoms with E-state index in [1.165, 1.54) is 0 Å². The number of amides is 1. The molecule has 1 aliphatic heterocycles. The highest BCUT2D eigenvalue weighted by atomic mass is 16.5. The van der Waals surface area contributed by atoms with Gasteiger partial charge < -0.3 is 14.6 Å². The molecule has 1 heterocycles. The normalized spacial score (nSPS) is 15.1. The van der Waals surface area contributed by atoms with E-state index in [2.05, 4.69) is 0 Å². The van der Waals surface area contributed by atoms with E-state index >= 15 is 0 Å². The van der Waals surface area contributed by atoms with Gasteiger partial charge in [0.25, 0.3) is 5.91 Å². The van der Waals surface area contributed by atoms with Crippen molar-refractivity contribution in [1.29, 1.82) is 0 Å². The van der Waals surface area contributed by atoms with Crippen molar-refractivity contribution in [2.45, 2.75) is 26.3 Å². The van der Waals surface area contributed by atoms with Crippen molar-refractivity contribution in [3.8, 4) is 17.2 Å². The van der Waals surface area contributed by atoms with E-state index < -0.39 is 5.54 Å². The van der Waals surface area contributed by atoms with Crippen LogP contribution >= 0.6 is 0 Å². The molecule has 0 saturated heterocycles. The highest BCUT2D eigenvalue weighted by Gasteiger charge is 2.36. The van der Waals surface area contributed by atoms with Crippen LogP contribution < -0.4 is 14.4 Å². The summed E-state index contributed by atoms with van der Waals surface area (Å²) in [7, 11) is 3.11. The van der Waals surface area contributed by atoms with Crippen LogP contribution in [0.5, 0.6) is 17.2 Å². The molecular weight excluding hydrogens is 330 g/mol. The number of ether oxygens (including phenoxy) is 2. The average Bonchev–Trinajstić information content (AvgIpc) is 2.61. The number of allylic oxidation sites excluding steroid dienone is 1. The Morgan fingerprint density at radius 1 is 1.04 bits per heavy atom. The number of rotatable bonds is 3. The second-order valence-corrected chi connectivity index (χ2v) is 6.92. The topological polar surface area (TPSA) is 59.0 Å². The lowest BCUT2D eigenvalue weighted by atomic mass is 9.88. The Bertz CT molecular complexity index is 877. The molecule has 0 aliphatic carbocycles. The fourth-order valence-corrected chi connectivity index (χ4v) is 3.45. The summed E-state index contributed by atoms with van der Waals surface area (Å²) in [5.41, 5.74) is 2.57. The third kappa shape index (κ3) is 3.01. The summed E-state index contributed by atoms with van der Waals surface area (Å²) < 4.78 is 10.6. The molecule has 5 heteroatoms. The van der Waals surface area contributed by atoms with Crippen LogP contribution in [-0.2, 0) is 0 Å². The number of carbonyl (C=O) groups is 1. The second-order valence-electron chi connectivity index (χ2n) is 6.92. The molecule has 0 aromatic heterocycles. The molecule has 0 fully saturated rings. The predicted octanol–water partition coefficient (Wildman–Crippen LogP) is 4.25. The summed E-state index contributed by atoms with van der Waals surface area (Å²) in [5.74, 6) is 1.12. The number of anilines is 1. The molecule has 0 unspecified atom stereocenters. The largest absolute Gasteiger partial charge is 0.508 e. The van der Waals surface area contributed by atoms with Gasteiger partial charge in [0.15, 0.2) is 0 Å². The van der Waals surface area contributed by atoms with Crippen molar-refractivity contribution in [2.75, 3.05) is 19.1 Å². The van der Waals surface area contributed by atoms with E-state index in [4.69, 9.17) is 9.47 Å². The molecule has 2 aromatic rings. The second kappa shape index (κ2) is 6.41. The smallest absolute Gasteiger partial charge is 0.259 e. The van der Waals surface area contributed by atoms with Gasteiger partial charge >= 0.3 is 0 Å². The van der Waals surface area contributed by atoms with Crippen molar-refractivity contribution in [2.24, 2.45) is 0 Å². The van der Waals surface area contributed by atoms with Crippen molar-refractivity contribution in [3.05, 3.63) is 53.6 Å². The van der Waals surface area contributed by atoms with Gasteiger partial charge in [0.1, 0.15) is 17.2 Å². The van der Waals surface area contributed by atoms with Crippen LogP contribution in [0, 0.1) is 0 Å². The van der Waals surface area contributed by atoms with Crippen molar-refractivity contribution < 1.29 is 19.4 Å². The number of aromatic hydroxyl groups is 1. The molecule has 1 aliphatic rings. The lowest BCUT2D eigenvalue weighted by Crippen LogP contribution is -2.49. The first-order valence-corrected chi connectivity index (χ1v) is 8.37. The van der Waals surface area contributed by atoms with Gasteiger partial charge in [-0.3, -0.25) is 9.69 Å². The number of benzene rings is 2. The maximum atomic E-state index is 13.4. The molecule has 0 saturated carbocycles. The van der Waals surface area contributed by atoms with Crippen LogP contribution in [0.25, 0.3) is 5.57 Å². The highest BCUT2D eigenvalue weighted by molar-refractivity contribution is 6.10. The first-order chi connectivity index (χ1) is 12.3. The Hall–Kier alpha value is -2.95. The van der Waals surface area contributed by atoms with E-state index in [0.717, 1.165) is 16.8 Å². The maximum absolute atomic E-state index is 13.4. The third-order valence-corrected chi connectivity index (χ3v) is 4.59. The summed E-state index contributed by atoms with van der Waals surface area (Å²) in [6, 6.07) is 10.2. The van der Waals surface area contributed by atoms with Gasteiger partial charge in [-0.1, -0.05) is 6.08 Å². The lowest BCUT2D eigenvalue weighted by Gasteiger charge is -2.41. The molecular formula is C21H23NO4. The minimum atomic E-state index is -0.526. The summed E-state index contributed by atoms with van der Waals surface area (Å²) in [6.07, 6.45) is 2.03. The molecule has 26 heavy (non-hydrogen) atoms. The van der Waals surface area contributed by atoms with Gasteiger partial charge in [-0.15, -0.1) is 0 Å². The minimum absolute atomic E-state index is 0.164. The molecule has 1 N–H and O–H groups in total. The van der Waals surface area contributed by atoms with Crippen LogP contribution in [0.1, 0.15) is 36.7 Å². The van der Waals surface area contributed by atoms with Gasteiger partial charge in [-0.05, 0) is 56.7 Å². The number of phenolic OH excluding ortho intramolecular Hbond substituents is 1. The predicted molar refractivity (Wildman–Crippen MR) is 102 cm³/mol. The van der Waals surface area contributed by atoms with Crippen LogP contribution in [0.3, 0.4) is 0 Å². The number of hydrogen-bond donors (Lipinski definition) is 1. The first kappa shape index (κ1) is 17.9. The highest BCUT2D eigenvalue weighted by Crippen LogP contribution is 2.41. The number of methoxy groups -OCH3 is 2. The van der Waals surface area contributed by atoms with Crippen LogP contribution in [-0.4, -0.2) is 30.8 Å². The molecule has 3 rings (SSSR count). The summed E-state index contributed by atoms with van der Waals surface area (Å²) in [5, 5.41) is 9.85. The van der Waals surface area contributed by atoms with Gasteiger partial charge in [0.2, 0.25) is 0 Å². The number of nitrogens with zero attached hydrogens (tertiary/aromatic N) is 1. The van der Waals surface area contributed by atoms with E-state index in [1.54, 1.807) is 55.5 Å². The fraction of sp³-hybridized carbons (Fsp3) is 0.286. The Kier molecular flexibility index (Phi) is 4.40. The molecule has 5 nitrogen and oxygen atoms in total. The van der Waals surface area contributed by atoms with E-state index in [9.17, 15) is 9.90 Å². The van der Waals surface area contributed by atoms with Gasteiger partial charge in [-0.2, -0.15) is 0 Å². The Balaban J connectivity index is 2.15. The molecule has 2 aromatic carbocycles. The lowest BCUT2D eigenvalue weighted by molar-refractivity contribution is 0.0969. The average molecular weight is 353 g/mol. The monoisotopic (exact) mass is 353 g/mol. The molecule has 0 spiro atoms. The number of carbonyl (C=O) groups excluding carboxylic acids is 1. The molecule has 136 valence electrons. The Morgan fingerprint density at radius 3 is 2.23 bits per heavy atom. The van der Waals surface area contributed by atoms with Crippen molar-refractivity contribution in [3.63, 3.8) is 0 Å². The standard InChI is InChI=1S/C21H23NO4/c1-13-12-21(2,3)22(19-7-6-15(23)10-18(13)19)20(24)14-8-16(25-4)11-17(9-14)26-5/h6-12,23H,1-5H3. The molecule has 0 bridgehead atoms. The van der Waals surface area contributed by atoms with Gasteiger partial charge in [-0.25, -0.2) is 0 Å². The zero-order valence-electron chi connectivity index (χ0n) is 15.7. The molecule has 1 amide bonds. The van der Waals surface area contributed by atoms with E-state index in [1.807, 2.05) is 26.8 Å². The molecule has 0 atom stereocenters. The van der Waals surface area contributed by atoms with Gasteiger partial charge in [0, 0.05) is 17.2 Å². The quantitative estimate of drug-likeness (QED) is 0.896. The summed E-state index contributed by atoms with van der Waals surface area (Å²) in [4.78, 5) is 15.2. The summed E-state index contributed by atoms with van der Waals surface area (Å²) in [6.45, 7) is 5.96. The van der Waals surface area contributed by atoms with Crippen molar-refractivity contribution >= 4 is 17.2 Å². The SMILES string of the molecule is COc1cc(OC)cc(C(=O)N2c3ccc(O)cc3C(C)=CC2(C)C)c1. The van der Waals surface area contributed by atoms with Crippen LogP contribution in [0.4, 0.5) is 5.69 Å². The van der Waals surface area contributed by atoms with Gasteiger partial charge in [0.05, 0.1) is 25.4 Å². The van der Waals surface area contributed by atoms with Crippen LogP contribution in [0.2, 0.25) is 0 Å². The first-order valence-electron chi connectivity index (χ1n) is 8.37. The van der Waals surface area contributed by atoms with E-state index in [-0.39, 0.29) is 11.7 Å². The zero-order valence-corrected chi connectivity index (χ0v) is 15.7. The molecule has 0 radical (unpaired) electrons. The van der Waals surface area contributed by atoms with Crippen LogP contribution in [0.15, 0.2) is 42.5 Å².